The number of aliphatic imine (C=N–C) groups is 1. The fourth-order valence-corrected chi connectivity index (χ4v) is 0.999. The third-order valence-electron chi connectivity index (χ3n) is 1.71. The Morgan fingerprint density at radius 2 is 2.31 bits per heavy atom. The van der Waals surface area contributed by atoms with Crippen LogP contribution in [0.2, 0.25) is 0 Å². The summed E-state index contributed by atoms with van der Waals surface area (Å²) < 4.78 is 4.94. The van der Waals surface area contributed by atoms with Gasteiger partial charge >= 0.3 is 0 Å². The molecule has 0 radical (unpaired) electrons. The lowest BCUT2D eigenvalue weighted by Gasteiger charge is -2.28. The summed E-state index contributed by atoms with van der Waals surface area (Å²) in [7, 11) is 1.67. The highest BCUT2D eigenvalue weighted by Crippen LogP contribution is 1.88. The molecule has 0 spiro atoms. The molecule has 0 aromatic rings. The Hall–Kier alpha value is -1.32. The Morgan fingerprint density at radius 3 is 2.85 bits per heavy atom. The van der Waals surface area contributed by atoms with Crippen molar-refractivity contribution in [2.24, 2.45) is 4.99 Å². The van der Waals surface area contributed by atoms with Gasteiger partial charge in [-0.2, -0.15) is 5.26 Å². The van der Waals surface area contributed by atoms with E-state index in [0.717, 1.165) is 6.54 Å². The van der Waals surface area contributed by atoms with Crippen molar-refractivity contribution in [2.45, 2.75) is 0 Å². The standard InChI is InChI=1S/C7H13N5O/c1-13-3-2-12-5-10-7(9-4-8)11-6-12/h2-3,5-6H2,1H3,(H2,9,10,11). The van der Waals surface area contributed by atoms with Gasteiger partial charge in [0.2, 0.25) is 12.2 Å². The predicted octanol–water partition coefficient (Wildman–Crippen LogP) is -1.12. The van der Waals surface area contributed by atoms with Crippen molar-refractivity contribution in [1.82, 2.24) is 15.5 Å². The number of methoxy groups -OCH3 is 1. The van der Waals surface area contributed by atoms with Crippen LogP contribution in [0.4, 0.5) is 0 Å². The average Bonchev–Trinajstić information content (AvgIpc) is 2.17. The highest BCUT2D eigenvalue weighted by molar-refractivity contribution is 5.80. The van der Waals surface area contributed by atoms with Crippen molar-refractivity contribution in [3.05, 3.63) is 0 Å². The van der Waals surface area contributed by atoms with Crippen LogP contribution in [0.25, 0.3) is 0 Å². The van der Waals surface area contributed by atoms with Crippen LogP contribution in [0.3, 0.4) is 0 Å². The summed E-state index contributed by atoms with van der Waals surface area (Å²) in [5.41, 5.74) is 0. The van der Waals surface area contributed by atoms with E-state index in [9.17, 15) is 0 Å². The van der Waals surface area contributed by atoms with Crippen LogP contribution in [0, 0.1) is 11.5 Å². The van der Waals surface area contributed by atoms with E-state index in [1.165, 1.54) is 0 Å². The van der Waals surface area contributed by atoms with Crippen molar-refractivity contribution < 1.29 is 4.74 Å². The topological polar surface area (TPSA) is 72.7 Å². The zero-order chi connectivity index (χ0) is 9.52. The van der Waals surface area contributed by atoms with E-state index in [-0.39, 0.29) is 0 Å². The molecule has 0 aromatic carbocycles. The van der Waals surface area contributed by atoms with E-state index < -0.39 is 0 Å². The molecule has 0 aromatic heterocycles. The zero-order valence-corrected chi connectivity index (χ0v) is 7.58. The Kier molecular flexibility index (Phi) is 4.02. The van der Waals surface area contributed by atoms with Crippen LogP contribution >= 0.6 is 0 Å². The Morgan fingerprint density at radius 1 is 1.62 bits per heavy atom. The molecule has 1 aliphatic rings. The molecule has 6 heteroatoms. The minimum absolute atomic E-state index is 0.538. The number of nitrogens with zero attached hydrogens (tertiary/aromatic N) is 3. The van der Waals surface area contributed by atoms with Gasteiger partial charge < -0.3 is 15.4 Å². The monoisotopic (exact) mass is 183 g/mol. The lowest BCUT2D eigenvalue weighted by Crippen LogP contribution is -2.55. The summed E-state index contributed by atoms with van der Waals surface area (Å²) >= 11 is 0. The van der Waals surface area contributed by atoms with E-state index in [2.05, 4.69) is 20.5 Å². The first-order valence-corrected chi connectivity index (χ1v) is 4.02. The molecule has 0 unspecified atom stereocenters. The number of hydrogen-bond donors (Lipinski definition) is 2. The highest BCUT2D eigenvalue weighted by atomic mass is 16.5. The third-order valence-corrected chi connectivity index (χ3v) is 1.71. The second-order valence-electron chi connectivity index (χ2n) is 2.62. The molecule has 1 aliphatic heterocycles. The Bertz CT molecular complexity index is 211. The number of nitriles is 1. The van der Waals surface area contributed by atoms with Crippen LogP contribution in [0.1, 0.15) is 0 Å². The van der Waals surface area contributed by atoms with Crippen molar-refractivity contribution in [1.29, 1.82) is 5.26 Å². The van der Waals surface area contributed by atoms with Crippen molar-refractivity contribution in [3.63, 3.8) is 0 Å². The minimum atomic E-state index is 0.538. The van der Waals surface area contributed by atoms with Crippen LogP contribution in [0.15, 0.2) is 4.99 Å². The first-order chi connectivity index (χ1) is 6.36. The summed E-state index contributed by atoms with van der Waals surface area (Å²) in [6, 6.07) is 0. The molecule has 0 atom stereocenters. The van der Waals surface area contributed by atoms with E-state index in [1.807, 2.05) is 0 Å². The molecule has 0 saturated carbocycles. The molecule has 1 fully saturated rings. The van der Waals surface area contributed by atoms with Gasteiger partial charge in [-0.25, -0.2) is 0 Å². The fourth-order valence-electron chi connectivity index (χ4n) is 0.999. The van der Waals surface area contributed by atoms with Crippen LogP contribution < -0.4 is 10.6 Å². The second-order valence-corrected chi connectivity index (χ2v) is 2.62. The quantitative estimate of drug-likeness (QED) is 0.542. The number of rotatable bonds is 3. The van der Waals surface area contributed by atoms with Gasteiger partial charge in [0.25, 0.3) is 0 Å². The molecule has 1 saturated heterocycles. The maximum atomic E-state index is 8.27. The summed E-state index contributed by atoms with van der Waals surface area (Å²) in [4.78, 5) is 5.65. The van der Waals surface area contributed by atoms with Gasteiger partial charge in [-0.1, -0.05) is 0 Å². The third kappa shape index (κ3) is 3.27. The number of nitrogens with one attached hydrogen (secondary N) is 2. The van der Waals surface area contributed by atoms with Crippen LogP contribution in [0.5, 0.6) is 0 Å². The summed E-state index contributed by atoms with van der Waals surface area (Å²) in [5.74, 6) is 0.538. The molecule has 2 N–H and O–H groups in total. The lowest BCUT2D eigenvalue weighted by atomic mass is 10.5. The molecule has 72 valence electrons. The van der Waals surface area contributed by atoms with E-state index >= 15 is 0 Å². The maximum absolute atomic E-state index is 8.27. The summed E-state index contributed by atoms with van der Waals surface area (Å²) in [6.45, 7) is 2.94. The summed E-state index contributed by atoms with van der Waals surface area (Å²) in [5, 5.41) is 14.2. The predicted molar refractivity (Wildman–Crippen MR) is 47.6 cm³/mol. The Labute approximate surface area is 77.2 Å². The van der Waals surface area contributed by atoms with E-state index in [1.54, 1.807) is 13.3 Å². The zero-order valence-electron chi connectivity index (χ0n) is 7.58. The first-order valence-electron chi connectivity index (χ1n) is 4.02. The van der Waals surface area contributed by atoms with Gasteiger partial charge in [0.15, 0.2) is 0 Å². The molecule has 13 heavy (non-hydrogen) atoms. The normalized spacial score (nSPS) is 17.1. The van der Waals surface area contributed by atoms with Gasteiger partial charge in [-0.15, -0.1) is 4.99 Å². The van der Waals surface area contributed by atoms with Crippen molar-refractivity contribution in [3.8, 4) is 6.19 Å². The largest absolute Gasteiger partial charge is 0.383 e. The van der Waals surface area contributed by atoms with Gasteiger partial charge in [-0.05, 0) is 0 Å². The molecule has 0 bridgehead atoms. The van der Waals surface area contributed by atoms with Gasteiger partial charge in [-0.3, -0.25) is 4.90 Å². The SMILES string of the molecule is COCCN1CNC(=NC#N)NC1. The molecular weight excluding hydrogens is 170 g/mol. The van der Waals surface area contributed by atoms with Crippen molar-refractivity contribution in [2.75, 3.05) is 33.6 Å². The number of guanidine groups is 1. The first kappa shape index (κ1) is 9.77. The number of hydrogen-bond acceptors (Lipinski definition) is 4. The maximum Gasteiger partial charge on any atom is 0.209 e. The number of ether oxygens (including phenoxy) is 1. The molecular formula is C7H13N5O. The van der Waals surface area contributed by atoms with E-state index in [4.69, 9.17) is 10.00 Å². The minimum Gasteiger partial charge on any atom is -0.383 e. The van der Waals surface area contributed by atoms with E-state index in [0.29, 0.717) is 25.9 Å². The average molecular weight is 183 g/mol. The fraction of sp³-hybridized carbons (Fsp3) is 0.714. The smallest absolute Gasteiger partial charge is 0.209 e. The van der Waals surface area contributed by atoms with Crippen LogP contribution in [-0.4, -0.2) is 44.5 Å². The van der Waals surface area contributed by atoms with Gasteiger partial charge in [0.05, 0.1) is 19.9 Å². The van der Waals surface area contributed by atoms with Crippen molar-refractivity contribution >= 4 is 5.96 Å². The molecule has 0 amide bonds. The van der Waals surface area contributed by atoms with Crippen LogP contribution in [-0.2, 0) is 4.74 Å². The highest BCUT2D eigenvalue weighted by Gasteiger charge is 2.11. The molecule has 0 aliphatic carbocycles. The lowest BCUT2D eigenvalue weighted by molar-refractivity contribution is 0.138. The summed E-state index contributed by atoms with van der Waals surface area (Å²) in [6.07, 6.45) is 1.72. The Balaban J connectivity index is 2.23. The molecule has 1 heterocycles. The van der Waals surface area contributed by atoms with Gasteiger partial charge in [0, 0.05) is 13.7 Å². The van der Waals surface area contributed by atoms with Gasteiger partial charge in [0.1, 0.15) is 0 Å². The molecule has 1 rings (SSSR count). The molecule has 6 nitrogen and oxygen atoms in total. The second kappa shape index (κ2) is 5.35.